The maximum atomic E-state index is 6.27. The molecule has 0 N–H and O–H groups in total. The van der Waals surface area contributed by atoms with Crippen LogP contribution in [0, 0.1) is 16.7 Å². The molecular formula is C14H24O2. The topological polar surface area (TPSA) is 18.5 Å². The van der Waals surface area contributed by atoms with Crippen LogP contribution in [0.15, 0.2) is 0 Å². The molecule has 2 nitrogen and oxygen atoms in total. The van der Waals surface area contributed by atoms with Gasteiger partial charge in [0.2, 0.25) is 0 Å². The van der Waals surface area contributed by atoms with Gasteiger partial charge in [0, 0.05) is 11.8 Å². The van der Waals surface area contributed by atoms with Crippen molar-refractivity contribution in [1.29, 1.82) is 0 Å². The van der Waals surface area contributed by atoms with Gasteiger partial charge in [-0.15, -0.1) is 0 Å². The first-order chi connectivity index (χ1) is 7.32. The van der Waals surface area contributed by atoms with Crippen molar-refractivity contribution in [2.75, 3.05) is 0 Å². The maximum Gasteiger partial charge on any atom is 0.175 e. The lowest BCUT2D eigenvalue weighted by molar-refractivity contribution is -0.248. The summed E-state index contributed by atoms with van der Waals surface area (Å²) in [5.41, 5.74) is 0.556. The molecule has 4 atom stereocenters. The van der Waals surface area contributed by atoms with Crippen molar-refractivity contribution in [3.05, 3.63) is 0 Å². The van der Waals surface area contributed by atoms with Crippen LogP contribution in [0.3, 0.4) is 0 Å². The monoisotopic (exact) mass is 224 g/mol. The molecule has 0 radical (unpaired) electrons. The highest BCUT2D eigenvalue weighted by molar-refractivity contribution is 5.16. The minimum absolute atomic E-state index is 0.198. The Labute approximate surface area is 98.7 Å². The highest BCUT2D eigenvalue weighted by Crippen LogP contribution is 2.72. The summed E-state index contributed by atoms with van der Waals surface area (Å²) in [5.74, 6) is 0.494. The van der Waals surface area contributed by atoms with E-state index in [4.69, 9.17) is 9.47 Å². The molecule has 1 saturated heterocycles. The molecule has 92 valence electrons. The largest absolute Gasteiger partial charge is 0.344 e. The molecular weight excluding hydrogens is 200 g/mol. The van der Waals surface area contributed by atoms with Crippen LogP contribution in [0.5, 0.6) is 0 Å². The quantitative estimate of drug-likeness (QED) is 0.628. The van der Waals surface area contributed by atoms with E-state index in [0.29, 0.717) is 5.41 Å². The molecule has 0 aromatic carbocycles. The molecule has 2 aliphatic carbocycles. The number of ether oxygens (including phenoxy) is 2. The molecule has 3 rings (SSSR count). The third-order valence-corrected chi connectivity index (χ3v) is 6.20. The van der Waals surface area contributed by atoms with Crippen LogP contribution in [0.1, 0.15) is 53.9 Å². The van der Waals surface area contributed by atoms with Gasteiger partial charge < -0.3 is 9.47 Å². The summed E-state index contributed by atoms with van der Waals surface area (Å²) < 4.78 is 12.5. The van der Waals surface area contributed by atoms with E-state index in [1.807, 2.05) is 0 Å². The van der Waals surface area contributed by atoms with E-state index >= 15 is 0 Å². The minimum Gasteiger partial charge on any atom is -0.344 e. The fraction of sp³-hybridized carbons (Fsp3) is 1.00. The van der Waals surface area contributed by atoms with Crippen LogP contribution < -0.4 is 0 Å². The molecule has 0 amide bonds. The summed E-state index contributed by atoms with van der Waals surface area (Å²) >= 11 is 0. The lowest BCUT2D eigenvalue weighted by Crippen LogP contribution is -2.48. The fourth-order valence-corrected chi connectivity index (χ4v) is 4.36. The Bertz CT molecular complexity index is 313. The van der Waals surface area contributed by atoms with Gasteiger partial charge in [-0.05, 0) is 38.0 Å². The highest BCUT2D eigenvalue weighted by atomic mass is 16.8. The molecule has 3 fully saturated rings. The highest BCUT2D eigenvalue weighted by Gasteiger charge is 2.72. The van der Waals surface area contributed by atoms with Crippen molar-refractivity contribution in [3.8, 4) is 0 Å². The van der Waals surface area contributed by atoms with Gasteiger partial charge in [-0.2, -0.15) is 0 Å². The van der Waals surface area contributed by atoms with Gasteiger partial charge in [0.15, 0.2) is 5.79 Å². The van der Waals surface area contributed by atoms with Gasteiger partial charge in [0.25, 0.3) is 0 Å². The van der Waals surface area contributed by atoms with E-state index in [2.05, 4.69) is 34.6 Å². The summed E-state index contributed by atoms with van der Waals surface area (Å²) in [6.45, 7) is 11.5. The van der Waals surface area contributed by atoms with Gasteiger partial charge in [0.05, 0.1) is 12.2 Å². The third-order valence-electron chi connectivity index (χ3n) is 6.20. The Morgan fingerprint density at radius 1 is 1.00 bits per heavy atom. The lowest BCUT2D eigenvalue weighted by atomic mass is 9.68. The Kier molecular flexibility index (Phi) is 1.96. The summed E-state index contributed by atoms with van der Waals surface area (Å²) in [4.78, 5) is 0. The number of fused-ring (bicyclic) bond motifs is 3. The summed E-state index contributed by atoms with van der Waals surface area (Å²) in [7, 11) is 0. The Morgan fingerprint density at radius 2 is 1.56 bits per heavy atom. The predicted molar refractivity (Wildman–Crippen MR) is 63.1 cm³/mol. The Hall–Kier alpha value is -0.0800. The van der Waals surface area contributed by atoms with Crippen LogP contribution in [0.4, 0.5) is 0 Å². The smallest absolute Gasteiger partial charge is 0.175 e. The van der Waals surface area contributed by atoms with Gasteiger partial charge >= 0.3 is 0 Å². The van der Waals surface area contributed by atoms with Crippen LogP contribution in [0.2, 0.25) is 0 Å². The zero-order chi connectivity index (χ0) is 11.8. The van der Waals surface area contributed by atoms with Gasteiger partial charge in [-0.3, -0.25) is 0 Å². The predicted octanol–water partition coefficient (Wildman–Crippen LogP) is 3.35. The van der Waals surface area contributed by atoms with E-state index in [1.54, 1.807) is 0 Å². The summed E-state index contributed by atoms with van der Waals surface area (Å²) in [6.07, 6.45) is 4.19. The molecule has 1 heterocycles. The van der Waals surface area contributed by atoms with E-state index in [9.17, 15) is 0 Å². The Balaban J connectivity index is 2.01. The number of rotatable bonds is 0. The van der Waals surface area contributed by atoms with Crippen LogP contribution in [-0.2, 0) is 9.47 Å². The zero-order valence-corrected chi connectivity index (χ0v) is 11.2. The summed E-state index contributed by atoms with van der Waals surface area (Å²) in [5, 5.41) is 0. The van der Waals surface area contributed by atoms with E-state index in [0.717, 1.165) is 12.3 Å². The first-order valence-corrected chi connectivity index (χ1v) is 6.68. The maximum absolute atomic E-state index is 6.27. The van der Waals surface area contributed by atoms with Crippen molar-refractivity contribution < 1.29 is 9.47 Å². The number of hydrogen-bond donors (Lipinski definition) is 0. The molecule has 2 bridgehead atoms. The molecule has 0 unspecified atom stereocenters. The normalized spacial score (nSPS) is 52.7. The molecule has 3 aliphatic rings. The second kappa shape index (κ2) is 2.84. The first kappa shape index (κ1) is 11.0. The van der Waals surface area contributed by atoms with Crippen molar-refractivity contribution in [2.45, 2.75) is 71.9 Å². The zero-order valence-electron chi connectivity index (χ0n) is 11.2. The third kappa shape index (κ3) is 0.971. The standard InChI is InChI=1S/C14H24O2/c1-9-10(2)16-14(15-9)8-11-6-7-13(14,5)12(11,3)4/h9-11H,6-8H2,1-5H3/t9-,10-,11-,13+/m0/s1. The van der Waals surface area contributed by atoms with E-state index < -0.39 is 0 Å². The average molecular weight is 224 g/mol. The summed E-state index contributed by atoms with van der Waals surface area (Å²) in [6, 6.07) is 0. The molecule has 0 aromatic rings. The van der Waals surface area contributed by atoms with Gasteiger partial charge in [0.1, 0.15) is 0 Å². The van der Waals surface area contributed by atoms with E-state index in [-0.39, 0.29) is 23.4 Å². The van der Waals surface area contributed by atoms with Crippen molar-refractivity contribution in [3.63, 3.8) is 0 Å². The minimum atomic E-state index is -0.280. The fourth-order valence-electron chi connectivity index (χ4n) is 4.36. The van der Waals surface area contributed by atoms with Crippen LogP contribution in [0.25, 0.3) is 0 Å². The van der Waals surface area contributed by atoms with Crippen molar-refractivity contribution in [1.82, 2.24) is 0 Å². The SMILES string of the molecule is C[C@@H]1OC2(C[C@@H]3CC[C@]2(C)C3(C)C)O[C@H]1C. The second-order valence-corrected chi connectivity index (χ2v) is 6.89. The molecule has 1 spiro atoms. The first-order valence-electron chi connectivity index (χ1n) is 6.68. The van der Waals surface area contributed by atoms with Crippen LogP contribution >= 0.6 is 0 Å². The van der Waals surface area contributed by atoms with E-state index in [1.165, 1.54) is 12.8 Å². The van der Waals surface area contributed by atoms with Crippen LogP contribution in [-0.4, -0.2) is 18.0 Å². The average Bonchev–Trinajstić information content (AvgIpc) is 2.63. The van der Waals surface area contributed by atoms with Crippen molar-refractivity contribution >= 4 is 0 Å². The van der Waals surface area contributed by atoms with Gasteiger partial charge in [-0.1, -0.05) is 20.8 Å². The molecule has 0 aromatic heterocycles. The number of hydrogen-bond acceptors (Lipinski definition) is 2. The molecule has 16 heavy (non-hydrogen) atoms. The van der Waals surface area contributed by atoms with Gasteiger partial charge in [-0.25, -0.2) is 0 Å². The Morgan fingerprint density at radius 3 is 1.94 bits per heavy atom. The second-order valence-electron chi connectivity index (χ2n) is 6.89. The molecule has 2 heteroatoms. The molecule has 1 aliphatic heterocycles. The molecule has 2 saturated carbocycles. The lowest BCUT2D eigenvalue weighted by Gasteiger charge is -2.44. The van der Waals surface area contributed by atoms with Crippen molar-refractivity contribution in [2.24, 2.45) is 16.7 Å².